The first-order valence-corrected chi connectivity index (χ1v) is 3.93. The maximum atomic E-state index is 6.84. The van der Waals surface area contributed by atoms with Crippen molar-refractivity contribution in [2.45, 2.75) is 12.8 Å². The van der Waals surface area contributed by atoms with E-state index in [1.807, 2.05) is 0 Å². The minimum atomic E-state index is 0. The molecule has 0 bridgehead atoms. The quantitative estimate of drug-likeness (QED) is 0.380. The molecule has 10 heavy (non-hydrogen) atoms. The van der Waals surface area contributed by atoms with Gasteiger partial charge in [-0.15, -0.1) is 17.0 Å². The van der Waals surface area contributed by atoms with E-state index >= 15 is 0 Å². The lowest BCUT2D eigenvalue weighted by Crippen LogP contribution is -2.05. The zero-order valence-electron chi connectivity index (χ0n) is 5.80. The molecule has 0 aliphatic rings. The van der Waals surface area contributed by atoms with Crippen molar-refractivity contribution in [2.75, 3.05) is 12.3 Å². The highest BCUT2D eigenvalue weighted by atomic mass is 79.9. The topological polar surface area (TPSA) is 75.9 Å². The molecule has 5 heteroatoms. The number of unbranched alkanes of at least 4 members (excludes halogenated alkanes) is 1. The third kappa shape index (κ3) is 11.1. The van der Waals surface area contributed by atoms with Crippen LogP contribution in [0.5, 0.6) is 0 Å². The van der Waals surface area contributed by atoms with Gasteiger partial charge in [-0.05, 0) is 19.4 Å². The molecule has 0 aromatic heterocycles. The Balaban J connectivity index is 0. The largest absolute Gasteiger partial charge is 0.379 e. The first kappa shape index (κ1) is 12.9. The van der Waals surface area contributed by atoms with Gasteiger partial charge in [-0.3, -0.25) is 5.41 Å². The van der Waals surface area contributed by atoms with Crippen LogP contribution in [0.25, 0.3) is 0 Å². The van der Waals surface area contributed by atoms with Gasteiger partial charge in [-0.1, -0.05) is 11.8 Å². The van der Waals surface area contributed by atoms with Crippen LogP contribution in [0.15, 0.2) is 0 Å². The molecular formula is C5H14BrN3S. The van der Waals surface area contributed by atoms with Crippen LogP contribution >= 0.6 is 28.7 Å². The average molecular weight is 228 g/mol. The van der Waals surface area contributed by atoms with Crippen LogP contribution < -0.4 is 11.5 Å². The molecular weight excluding hydrogens is 214 g/mol. The van der Waals surface area contributed by atoms with Crippen molar-refractivity contribution in [2.24, 2.45) is 11.5 Å². The number of halogens is 1. The van der Waals surface area contributed by atoms with Crippen molar-refractivity contribution in [3.05, 3.63) is 0 Å². The molecule has 0 aliphatic carbocycles. The van der Waals surface area contributed by atoms with Gasteiger partial charge in [0.2, 0.25) is 0 Å². The van der Waals surface area contributed by atoms with Gasteiger partial charge in [0.25, 0.3) is 0 Å². The Morgan fingerprint density at radius 1 is 1.40 bits per heavy atom. The summed E-state index contributed by atoms with van der Waals surface area (Å²) in [7, 11) is 0. The van der Waals surface area contributed by atoms with Gasteiger partial charge in [0.1, 0.15) is 0 Å². The van der Waals surface area contributed by atoms with Crippen LogP contribution in [0.1, 0.15) is 12.8 Å². The Labute approximate surface area is 76.2 Å². The molecule has 0 aromatic carbocycles. The number of rotatable bonds is 4. The van der Waals surface area contributed by atoms with Gasteiger partial charge in [-0.25, -0.2) is 0 Å². The molecule has 0 saturated heterocycles. The Hall–Kier alpha value is 0.260. The van der Waals surface area contributed by atoms with Crippen molar-refractivity contribution < 1.29 is 0 Å². The Kier molecular flexibility index (Phi) is 11.9. The van der Waals surface area contributed by atoms with Crippen LogP contribution in [0.2, 0.25) is 0 Å². The zero-order chi connectivity index (χ0) is 7.11. The van der Waals surface area contributed by atoms with E-state index in [0.717, 1.165) is 25.1 Å². The molecule has 5 N–H and O–H groups in total. The molecule has 0 atom stereocenters. The van der Waals surface area contributed by atoms with E-state index in [-0.39, 0.29) is 22.1 Å². The Morgan fingerprint density at radius 2 is 2.00 bits per heavy atom. The summed E-state index contributed by atoms with van der Waals surface area (Å²) >= 11 is 1.38. The highest BCUT2D eigenvalue weighted by Crippen LogP contribution is 2.01. The fraction of sp³-hybridized carbons (Fsp3) is 0.800. The molecule has 0 aromatic rings. The van der Waals surface area contributed by atoms with Crippen LogP contribution in [-0.4, -0.2) is 17.5 Å². The molecule has 0 amide bonds. The van der Waals surface area contributed by atoms with Gasteiger partial charge >= 0.3 is 0 Å². The maximum Gasteiger partial charge on any atom is 0.151 e. The maximum absolute atomic E-state index is 6.84. The smallest absolute Gasteiger partial charge is 0.151 e. The van der Waals surface area contributed by atoms with Crippen LogP contribution in [0.4, 0.5) is 0 Å². The lowest BCUT2D eigenvalue weighted by molar-refractivity contribution is 0.815. The standard InChI is InChI=1S/C5H13N3S.BrH/c6-3-1-2-4-9-5(7)8;/h1-4,6H2,(H3,7,8);1H. The number of amidine groups is 1. The van der Waals surface area contributed by atoms with E-state index in [4.69, 9.17) is 16.9 Å². The average Bonchev–Trinajstić information content (AvgIpc) is 1.80. The minimum absolute atomic E-state index is 0. The second kappa shape index (κ2) is 9.26. The fourth-order valence-electron chi connectivity index (χ4n) is 0.429. The summed E-state index contributed by atoms with van der Waals surface area (Å²) in [6, 6.07) is 0. The van der Waals surface area contributed by atoms with E-state index in [1.54, 1.807) is 0 Å². The molecule has 0 saturated carbocycles. The van der Waals surface area contributed by atoms with Crippen molar-refractivity contribution >= 4 is 33.9 Å². The molecule has 0 rings (SSSR count). The molecule has 0 heterocycles. The summed E-state index contributed by atoms with van der Waals surface area (Å²) in [4.78, 5) is 0. The second-order valence-electron chi connectivity index (χ2n) is 1.71. The van der Waals surface area contributed by atoms with Crippen molar-refractivity contribution in [1.82, 2.24) is 0 Å². The summed E-state index contributed by atoms with van der Waals surface area (Å²) in [6.45, 7) is 0.735. The number of hydrogen-bond donors (Lipinski definition) is 3. The Morgan fingerprint density at radius 3 is 2.40 bits per heavy atom. The first-order valence-electron chi connectivity index (χ1n) is 2.94. The van der Waals surface area contributed by atoms with E-state index < -0.39 is 0 Å². The van der Waals surface area contributed by atoms with Crippen molar-refractivity contribution in [3.8, 4) is 0 Å². The second-order valence-corrected chi connectivity index (χ2v) is 2.85. The van der Waals surface area contributed by atoms with Gasteiger partial charge in [0, 0.05) is 5.75 Å². The number of nitrogens with two attached hydrogens (primary N) is 2. The van der Waals surface area contributed by atoms with E-state index in [1.165, 1.54) is 11.8 Å². The molecule has 3 nitrogen and oxygen atoms in total. The third-order valence-corrected chi connectivity index (χ3v) is 1.66. The lowest BCUT2D eigenvalue weighted by Gasteiger charge is -1.95. The summed E-state index contributed by atoms with van der Waals surface area (Å²) in [5.41, 5.74) is 10.3. The number of hydrogen-bond acceptors (Lipinski definition) is 3. The minimum Gasteiger partial charge on any atom is -0.379 e. The SMILES string of the molecule is Br.N=C(N)SCCCCN. The van der Waals surface area contributed by atoms with Gasteiger partial charge in [0.15, 0.2) is 5.17 Å². The normalized spacial score (nSPS) is 8.50. The van der Waals surface area contributed by atoms with Crippen molar-refractivity contribution in [3.63, 3.8) is 0 Å². The van der Waals surface area contributed by atoms with Crippen LogP contribution in [0, 0.1) is 5.41 Å². The van der Waals surface area contributed by atoms with Crippen LogP contribution in [0.3, 0.4) is 0 Å². The van der Waals surface area contributed by atoms with E-state index in [2.05, 4.69) is 0 Å². The van der Waals surface area contributed by atoms with Crippen LogP contribution in [-0.2, 0) is 0 Å². The molecule has 0 spiro atoms. The molecule has 0 radical (unpaired) electrons. The summed E-state index contributed by atoms with van der Waals surface area (Å²) in [5.74, 6) is 0.923. The predicted octanol–water partition coefficient (Wildman–Crippen LogP) is 0.930. The summed E-state index contributed by atoms with van der Waals surface area (Å²) in [6.07, 6.45) is 2.08. The highest BCUT2D eigenvalue weighted by Gasteiger charge is 1.89. The predicted molar refractivity (Wildman–Crippen MR) is 53.0 cm³/mol. The molecule has 0 aliphatic heterocycles. The Bertz CT molecular complexity index is 89.0. The monoisotopic (exact) mass is 227 g/mol. The molecule has 62 valence electrons. The van der Waals surface area contributed by atoms with E-state index in [9.17, 15) is 0 Å². The number of nitrogens with one attached hydrogen (secondary N) is 1. The molecule has 0 unspecified atom stereocenters. The lowest BCUT2D eigenvalue weighted by atomic mass is 10.3. The van der Waals surface area contributed by atoms with Gasteiger partial charge < -0.3 is 11.5 Å². The number of thioether (sulfide) groups is 1. The van der Waals surface area contributed by atoms with Gasteiger partial charge in [-0.2, -0.15) is 0 Å². The summed E-state index contributed by atoms with van der Waals surface area (Å²) in [5, 5.41) is 7.04. The summed E-state index contributed by atoms with van der Waals surface area (Å²) < 4.78 is 0. The van der Waals surface area contributed by atoms with Gasteiger partial charge in [0.05, 0.1) is 0 Å². The highest BCUT2D eigenvalue weighted by molar-refractivity contribution is 8.93. The first-order chi connectivity index (χ1) is 4.27. The molecule has 0 fully saturated rings. The third-order valence-electron chi connectivity index (χ3n) is 0.856. The van der Waals surface area contributed by atoms with Crippen molar-refractivity contribution in [1.29, 1.82) is 5.41 Å². The fourth-order valence-corrected chi connectivity index (χ4v) is 0.997. The zero-order valence-corrected chi connectivity index (χ0v) is 8.33. The van der Waals surface area contributed by atoms with E-state index in [0.29, 0.717) is 0 Å².